The second-order valence-corrected chi connectivity index (χ2v) is 3.80. The summed E-state index contributed by atoms with van der Waals surface area (Å²) in [6, 6.07) is 2.94. The van der Waals surface area contributed by atoms with Gasteiger partial charge in [-0.05, 0) is 12.1 Å². The third kappa shape index (κ3) is 6.46. The Bertz CT molecular complexity index is 425. The number of amides is 2. The van der Waals surface area contributed by atoms with Crippen molar-refractivity contribution in [2.24, 2.45) is 5.73 Å². The van der Waals surface area contributed by atoms with Crippen LogP contribution in [0.4, 0.5) is 0 Å². The standard InChI is InChI=1S/C12H18N4O3.ClH/c1-19-7-6-14-4-5-15-12(18)9-2-3-10(11(13)17)16-8-9;/h2-3,8,14H,4-7H2,1H3,(H2,13,17)(H,15,18);1H. The van der Waals surface area contributed by atoms with Crippen molar-refractivity contribution in [3.8, 4) is 0 Å². The SMILES string of the molecule is COCCNCCNC(=O)c1ccc(C(N)=O)nc1.Cl. The molecule has 0 aliphatic carbocycles. The monoisotopic (exact) mass is 302 g/mol. The first kappa shape index (κ1) is 18.3. The van der Waals surface area contributed by atoms with Crippen LogP contribution in [0.15, 0.2) is 18.3 Å². The molecule has 112 valence electrons. The van der Waals surface area contributed by atoms with Gasteiger partial charge in [0, 0.05) is 32.9 Å². The molecular weight excluding hydrogens is 284 g/mol. The molecule has 1 aromatic rings. The van der Waals surface area contributed by atoms with Crippen LogP contribution in [-0.2, 0) is 4.74 Å². The summed E-state index contributed by atoms with van der Waals surface area (Å²) in [5.74, 6) is -0.855. The number of halogens is 1. The van der Waals surface area contributed by atoms with Gasteiger partial charge in [0.25, 0.3) is 11.8 Å². The number of primary amides is 1. The fourth-order valence-electron chi connectivity index (χ4n) is 1.34. The van der Waals surface area contributed by atoms with E-state index >= 15 is 0 Å². The topological polar surface area (TPSA) is 106 Å². The molecular formula is C12H19ClN4O3. The van der Waals surface area contributed by atoms with Crippen LogP contribution in [0.2, 0.25) is 0 Å². The van der Waals surface area contributed by atoms with Crippen molar-refractivity contribution in [3.63, 3.8) is 0 Å². The summed E-state index contributed by atoms with van der Waals surface area (Å²) in [7, 11) is 1.63. The lowest BCUT2D eigenvalue weighted by Gasteiger charge is -2.06. The van der Waals surface area contributed by atoms with E-state index in [0.29, 0.717) is 25.3 Å². The Morgan fingerprint density at radius 2 is 2.05 bits per heavy atom. The number of hydrogen-bond acceptors (Lipinski definition) is 5. The number of nitrogens with zero attached hydrogens (tertiary/aromatic N) is 1. The Hall–Kier alpha value is -1.70. The highest BCUT2D eigenvalue weighted by molar-refractivity contribution is 5.95. The second-order valence-electron chi connectivity index (χ2n) is 3.80. The van der Waals surface area contributed by atoms with Gasteiger partial charge in [-0.2, -0.15) is 0 Å². The van der Waals surface area contributed by atoms with Crippen LogP contribution < -0.4 is 16.4 Å². The molecule has 0 aromatic carbocycles. The molecule has 1 heterocycles. The molecule has 0 atom stereocenters. The van der Waals surface area contributed by atoms with E-state index in [2.05, 4.69) is 15.6 Å². The predicted octanol–water partition coefficient (Wildman–Crippen LogP) is -0.432. The quantitative estimate of drug-likeness (QED) is 0.565. The molecule has 0 saturated carbocycles. The Labute approximate surface area is 123 Å². The summed E-state index contributed by atoms with van der Waals surface area (Å²) in [4.78, 5) is 26.3. The van der Waals surface area contributed by atoms with Gasteiger partial charge in [0.1, 0.15) is 5.69 Å². The van der Waals surface area contributed by atoms with Gasteiger partial charge in [-0.3, -0.25) is 14.6 Å². The zero-order valence-electron chi connectivity index (χ0n) is 11.2. The highest BCUT2D eigenvalue weighted by Crippen LogP contribution is 1.99. The van der Waals surface area contributed by atoms with Crippen LogP contribution in [-0.4, -0.2) is 50.1 Å². The lowest BCUT2D eigenvalue weighted by Crippen LogP contribution is -2.33. The van der Waals surface area contributed by atoms with E-state index in [1.807, 2.05) is 0 Å². The van der Waals surface area contributed by atoms with Gasteiger partial charge in [-0.1, -0.05) is 0 Å². The largest absolute Gasteiger partial charge is 0.383 e. The third-order valence-corrected chi connectivity index (χ3v) is 2.35. The smallest absolute Gasteiger partial charge is 0.267 e. The van der Waals surface area contributed by atoms with E-state index in [1.54, 1.807) is 7.11 Å². The molecule has 7 nitrogen and oxygen atoms in total. The maximum Gasteiger partial charge on any atom is 0.267 e. The fourth-order valence-corrected chi connectivity index (χ4v) is 1.34. The lowest BCUT2D eigenvalue weighted by molar-refractivity contribution is 0.0949. The summed E-state index contributed by atoms with van der Waals surface area (Å²) >= 11 is 0. The van der Waals surface area contributed by atoms with Crippen molar-refractivity contribution in [2.45, 2.75) is 0 Å². The van der Waals surface area contributed by atoms with Crippen molar-refractivity contribution in [3.05, 3.63) is 29.6 Å². The minimum absolute atomic E-state index is 0. The van der Waals surface area contributed by atoms with Crippen molar-refractivity contribution < 1.29 is 14.3 Å². The molecule has 1 aromatic heterocycles. The van der Waals surface area contributed by atoms with Crippen LogP contribution in [0.1, 0.15) is 20.8 Å². The molecule has 0 aliphatic heterocycles. The van der Waals surface area contributed by atoms with Crippen LogP contribution in [0.5, 0.6) is 0 Å². The molecule has 0 fully saturated rings. The average molecular weight is 303 g/mol. The van der Waals surface area contributed by atoms with Crippen molar-refractivity contribution in [1.29, 1.82) is 0 Å². The molecule has 2 amide bonds. The van der Waals surface area contributed by atoms with E-state index in [9.17, 15) is 9.59 Å². The Morgan fingerprint density at radius 1 is 1.30 bits per heavy atom. The van der Waals surface area contributed by atoms with Crippen LogP contribution >= 0.6 is 12.4 Å². The van der Waals surface area contributed by atoms with E-state index < -0.39 is 5.91 Å². The maximum absolute atomic E-state index is 11.7. The molecule has 1 rings (SSSR count). The van der Waals surface area contributed by atoms with Gasteiger partial charge in [-0.25, -0.2) is 0 Å². The highest BCUT2D eigenvalue weighted by atomic mass is 35.5. The molecule has 0 radical (unpaired) electrons. The Morgan fingerprint density at radius 3 is 2.60 bits per heavy atom. The van der Waals surface area contributed by atoms with Gasteiger partial charge in [0.05, 0.1) is 12.2 Å². The molecule has 4 N–H and O–H groups in total. The average Bonchev–Trinajstić information content (AvgIpc) is 2.42. The van der Waals surface area contributed by atoms with E-state index in [0.717, 1.165) is 6.54 Å². The first-order valence-electron chi connectivity index (χ1n) is 5.89. The van der Waals surface area contributed by atoms with Gasteiger partial charge in [-0.15, -0.1) is 12.4 Å². The number of aromatic nitrogens is 1. The zero-order chi connectivity index (χ0) is 14.1. The number of rotatable bonds is 8. The molecule has 0 saturated heterocycles. The number of pyridine rings is 1. The minimum atomic E-state index is -0.616. The number of carbonyl (C=O) groups is 2. The van der Waals surface area contributed by atoms with Gasteiger partial charge < -0.3 is 21.1 Å². The number of carbonyl (C=O) groups excluding carboxylic acids is 2. The molecule has 8 heteroatoms. The van der Waals surface area contributed by atoms with Crippen LogP contribution in [0.25, 0.3) is 0 Å². The van der Waals surface area contributed by atoms with Gasteiger partial charge >= 0.3 is 0 Å². The number of ether oxygens (including phenoxy) is 1. The van der Waals surface area contributed by atoms with Crippen molar-refractivity contribution in [2.75, 3.05) is 33.4 Å². The number of hydrogen-bond donors (Lipinski definition) is 3. The molecule has 0 bridgehead atoms. The molecule has 0 unspecified atom stereocenters. The number of nitrogens with one attached hydrogen (secondary N) is 2. The molecule has 20 heavy (non-hydrogen) atoms. The van der Waals surface area contributed by atoms with E-state index in [-0.39, 0.29) is 24.0 Å². The predicted molar refractivity (Wildman–Crippen MR) is 77.1 cm³/mol. The van der Waals surface area contributed by atoms with Crippen molar-refractivity contribution in [1.82, 2.24) is 15.6 Å². The third-order valence-electron chi connectivity index (χ3n) is 2.35. The number of nitrogens with two attached hydrogens (primary N) is 1. The summed E-state index contributed by atoms with van der Waals surface area (Å²) in [5.41, 5.74) is 5.59. The van der Waals surface area contributed by atoms with E-state index in [4.69, 9.17) is 10.5 Å². The maximum atomic E-state index is 11.7. The Balaban J connectivity index is 0.00000361. The summed E-state index contributed by atoms with van der Waals surface area (Å²) in [5, 5.41) is 5.83. The highest BCUT2D eigenvalue weighted by Gasteiger charge is 2.07. The van der Waals surface area contributed by atoms with Crippen LogP contribution in [0.3, 0.4) is 0 Å². The van der Waals surface area contributed by atoms with Gasteiger partial charge in [0.15, 0.2) is 0 Å². The zero-order valence-corrected chi connectivity index (χ0v) is 12.0. The lowest BCUT2D eigenvalue weighted by atomic mass is 10.2. The normalized spacial score (nSPS) is 9.65. The summed E-state index contributed by atoms with van der Waals surface area (Å²) < 4.78 is 4.87. The van der Waals surface area contributed by atoms with Crippen molar-refractivity contribution >= 4 is 24.2 Å². The first-order valence-corrected chi connectivity index (χ1v) is 5.89. The second kappa shape index (κ2) is 10.1. The van der Waals surface area contributed by atoms with Gasteiger partial charge in [0.2, 0.25) is 0 Å². The summed E-state index contributed by atoms with van der Waals surface area (Å²) in [6.07, 6.45) is 1.33. The fraction of sp³-hybridized carbons (Fsp3) is 0.417. The number of methoxy groups -OCH3 is 1. The minimum Gasteiger partial charge on any atom is -0.383 e. The Kier molecular flexibility index (Phi) is 9.27. The molecule has 0 spiro atoms. The first-order chi connectivity index (χ1) is 9.15. The summed E-state index contributed by atoms with van der Waals surface area (Å²) in [6.45, 7) is 2.52. The van der Waals surface area contributed by atoms with E-state index in [1.165, 1.54) is 18.3 Å². The van der Waals surface area contributed by atoms with Crippen LogP contribution in [0, 0.1) is 0 Å². The molecule has 0 aliphatic rings.